The van der Waals surface area contributed by atoms with Crippen molar-refractivity contribution in [2.45, 2.75) is 26.9 Å². The van der Waals surface area contributed by atoms with Gasteiger partial charge < -0.3 is 0 Å². The first-order valence-electron chi connectivity index (χ1n) is 5.52. The molecule has 3 nitrogen and oxygen atoms in total. The van der Waals surface area contributed by atoms with E-state index in [0.29, 0.717) is 5.92 Å². The molecule has 0 fully saturated rings. The van der Waals surface area contributed by atoms with Crippen LogP contribution in [0.5, 0.6) is 0 Å². The molecule has 1 aliphatic rings. The third-order valence-corrected chi connectivity index (χ3v) is 2.67. The summed E-state index contributed by atoms with van der Waals surface area (Å²) in [4.78, 5) is 0. The predicted molar refractivity (Wildman–Crippen MR) is 64.4 cm³/mol. The van der Waals surface area contributed by atoms with Crippen LogP contribution in [0.2, 0.25) is 0 Å². The van der Waals surface area contributed by atoms with E-state index < -0.39 is 6.17 Å². The van der Waals surface area contributed by atoms with Crippen molar-refractivity contribution in [3.05, 3.63) is 36.2 Å². The Kier molecular flexibility index (Phi) is 4.71. The molecule has 0 aromatic rings. The smallest absolute Gasteiger partial charge is 0.127 e. The third kappa shape index (κ3) is 2.93. The third-order valence-electron chi connectivity index (χ3n) is 2.67. The summed E-state index contributed by atoms with van der Waals surface area (Å²) in [7, 11) is 0. The number of hydrogen-bond acceptors (Lipinski definition) is 3. The number of halogens is 1. The Labute approximate surface area is 96.4 Å². The van der Waals surface area contributed by atoms with Gasteiger partial charge in [0.25, 0.3) is 0 Å². The van der Waals surface area contributed by atoms with Crippen LogP contribution in [0.15, 0.2) is 36.2 Å². The van der Waals surface area contributed by atoms with Crippen LogP contribution in [0.4, 0.5) is 4.39 Å². The highest BCUT2D eigenvalue weighted by molar-refractivity contribution is 5.26. The van der Waals surface area contributed by atoms with E-state index in [0.717, 1.165) is 5.70 Å². The fraction of sp³-hybridized carbons (Fsp3) is 0.500. The summed E-state index contributed by atoms with van der Waals surface area (Å²) in [6, 6.07) is 0. The van der Waals surface area contributed by atoms with Gasteiger partial charge in [0.15, 0.2) is 0 Å². The molecule has 0 aliphatic heterocycles. The molecule has 1 aliphatic carbocycles. The van der Waals surface area contributed by atoms with Gasteiger partial charge in [-0.25, -0.2) is 4.39 Å². The SMILES string of the molecule is C/C=C\N(NN)C1=CC(F)C(C(C)C)C=C1. The number of hydrogen-bond donors (Lipinski definition) is 2. The highest BCUT2D eigenvalue weighted by Crippen LogP contribution is 2.27. The summed E-state index contributed by atoms with van der Waals surface area (Å²) < 4.78 is 13.8. The standard InChI is InChI=1S/C12H20FN3/c1-4-7-16(15-14)10-5-6-11(9(2)3)12(13)8-10/h4-9,11-12,15H,14H2,1-3H3/b7-4-. The van der Waals surface area contributed by atoms with E-state index in [-0.39, 0.29) is 5.92 Å². The molecule has 3 N–H and O–H groups in total. The second-order valence-electron chi connectivity index (χ2n) is 4.20. The topological polar surface area (TPSA) is 41.3 Å². The van der Waals surface area contributed by atoms with Gasteiger partial charge in [-0.1, -0.05) is 26.0 Å². The second-order valence-corrected chi connectivity index (χ2v) is 4.20. The normalized spacial score (nSPS) is 25.2. The zero-order chi connectivity index (χ0) is 12.1. The first kappa shape index (κ1) is 12.9. The molecule has 0 radical (unpaired) electrons. The first-order chi connectivity index (χ1) is 7.60. The largest absolute Gasteiger partial charge is 0.272 e. The maximum absolute atomic E-state index is 13.8. The van der Waals surface area contributed by atoms with Crippen LogP contribution in [0.25, 0.3) is 0 Å². The number of nitrogens with one attached hydrogen (secondary N) is 1. The minimum absolute atomic E-state index is 0.0472. The highest BCUT2D eigenvalue weighted by Gasteiger charge is 2.24. The van der Waals surface area contributed by atoms with Crippen molar-refractivity contribution in [1.29, 1.82) is 0 Å². The van der Waals surface area contributed by atoms with E-state index in [4.69, 9.17) is 5.84 Å². The molecule has 90 valence electrons. The minimum Gasteiger partial charge on any atom is -0.272 e. The summed E-state index contributed by atoms with van der Waals surface area (Å²) in [5, 5.41) is 1.58. The van der Waals surface area contributed by atoms with Gasteiger partial charge in [0.05, 0.1) is 5.70 Å². The van der Waals surface area contributed by atoms with E-state index in [1.807, 2.05) is 39.0 Å². The van der Waals surface area contributed by atoms with Crippen LogP contribution in [-0.2, 0) is 0 Å². The monoisotopic (exact) mass is 225 g/mol. The molecule has 1 rings (SSSR count). The zero-order valence-corrected chi connectivity index (χ0v) is 10.0. The van der Waals surface area contributed by atoms with Crippen molar-refractivity contribution in [2.24, 2.45) is 17.7 Å². The molecule has 0 heterocycles. The van der Waals surface area contributed by atoms with Gasteiger partial charge in [-0.2, -0.15) is 5.53 Å². The van der Waals surface area contributed by atoms with E-state index in [9.17, 15) is 4.39 Å². The van der Waals surface area contributed by atoms with Gasteiger partial charge >= 0.3 is 0 Å². The maximum atomic E-state index is 13.8. The van der Waals surface area contributed by atoms with Gasteiger partial charge in [-0.15, -0.1) is 0 Å². The van der Waals surface area contributed by atoms with Gasteiger partial charge in [-0.05, 0) is 25.0 Å². The number of allylic oxidation sites excluding steroid dienone is 4. The molecule has 0 saturated heterocycles. The average Bonchev–Trinajstić information content (AvgIpc) is 2.25. The molecule has 16 heavy (non-hydrogen) atoms. The van der Waals surface area contributed by atoms with Crippen molar-refractivity contribution in [1.82, 2.24) is 10.5 Å². The van der Waals surface area contributed by atoms with Crippen molar-refractivity contribution in [3.8, 4) is 0 Å². The van der Waals surface area contributed by atoms with E-state index >= 15 is 0 Å². The van der Waals surface area contributed by atoms with Gasteiger partial charge in [0, 0.05) is 12.1 Å². The van der Waals surface area contributed by atoms with Crippen molar-refractivity contribution in [3.63, 3.8) is 0 Å². The van der Waals surface area contributed by atoms with Crippen LogP contribution in [0, 0.1) is 11.8 Å². The van der Waals surface area contributed by atoms with Crippen LogP contribution in [0.3, 0.4) is 0 Å². The maximum Gasteiger partial charge on any atom is 0.127 e. The fourth-order valence-corrected chi connectivity index (χ4v) is 1.75. The molecule has 0 bridgehead atoms. The lowest BCUT2D eigenvalue weighted by atomic mass is 9.87. The van der Waals surface area contributed by atoms with Crippen LogP contribution >= 0.6 is 0 Å². The number of nitrogens with zero attached hydrogens (tertiary/aromatic N) is 1. The van der Waals surface area contributed by atoms with Gasteiger partial charge in [0.1, 0.15) is 6.17 Å². The van der Waals surface area contributed by atoms with Crippen molar-refractivity contribution >= 4 is 0 Å². The van der Waals surface area contributed by atoms with Gasteiger partial charge in [-0.3, -0.25) is 10.9 Å². The Morgan fingerprint density at radius 3 is 2.69 bits per heavy atom. The highest BCUT2D eigenvalue weighted by atomic mass is 19.1. The lowest BCUT2D eigenvalue weighted by molar-refractivity contribution is 0.254. The minimum atomic E-state index is -0.957. The summed E-state index contributed by atoms with van der Waals surface area (Å²) in [6.07, 6.45) is 8.00. The summed E-state index contributed by atoms with van der Waals surface area (Å²) >= 11 is 0. The van der Waals surface area contributed by atoms with E-state index in [2.05, 4.69) is 5.53 Å². The summed E-state index contributed by atoms with van der Waals surface area (Å²) in [5.74, 6) is 5.61. The Morgan fingerprint density at radius 1 is 1.56 bits per heavy atom. The van der Waals surface area contributed by atoms with E-state index in [1.165, 1.54) is 0 Å². The molecule has 2 unspecified atom stereocenters. The molecule has 0 spiro atoms. The number of rotatable bonds is 4. The molecule has 4 heteroatoms. The zero-order valence-electron chi connectivity index (χ0n) is 10.0. The molecule has 0 aromatic heterocycles. The Balaban J connectivity index is 2.80. The molecule has 0 aromatic carbocycles. The van der Waals surface area contributed by atoms with Crippen molar-refractivity contribution < 1.29 is 4.39 Å². The molecule has 0 amide bonds. The fourth-order valence-electron chi connectivity index (χ4n) is 1.75. The Bertz CT molecular complexity index is 307. The predicted octanol–water partition coefficient (Wildman–Crippen LogP) is 2.26. The average molecular weight is 225 g/mol. The van der Waals surface area contributed by atoms with Crippen molar-refractivity contribution in [2.75, 3.05) is 0 Å². The number of alkyl halides is 1. The lowest BCUT2D eigenvalue weighted by Crippen LogP contribution is -2.39. The quantitative estimate of drug-likeness (QED) is 0.569. The molecular weight excluding hydrogens is 205 g/mol. The van der Waals surface area contributed by atoms with Gasteiger partial charge in [0.2, 0.25) is 0 Å². The molecule has 0 saturated carbocycles. The summed E-state index contributed by atoms with van der Waals surface area (Å²) in [5.41, 5.74) is 3.22. The van der Waals surface area contributed by atoms with Crippen LogP contribution < -0.4 is 11.4 Å². The Hall–Kier alpha value is -1.13. The van der Waals surface area contributed by atoms with Crippen LogP contribution in [0.1, 0.15) is 20.8 Å². The molecule has 2 atom stereocenters. The lowest BCUT2D eigenvalue weighted by Gasteiger charge is -2.27. The molecular formula is C12H20FN3. The first-order valence-corrected chi connectivity index (χ1v) is 5.52. The Morgan fingerprint density at radius 2 is 2.25 bits per heavy atom. The second kappa shape index (κ2) is 5.82. The number of nitrogens with two attached hydrogens (primary N) is 1. The number of hydrazine groups is 2. The summed E-state index contributed by atoms with van der Waals surface area (Å²) in [6.45, 7) is 5.91. The van der Waals surface area contributed by atoms with E-state index in [1.54, 1.807) is 17.3 Å². The van der Waals surface area contributed by atoms with Crippen LogP contribution in [-0.4, -0.2) is 11.2 Å².